The summed E-state index contributed by atoms with van der Waals surface area (Å²) >= 11 is 1.64. The van der Waals surface area contributed by atoms with Crippen LogP contribution in [0.1, 0.15) is 52.4 Å². The van der Waals surface area contributed by atoms with Gasteiger partial charge in [0.15, 0.2) is 5.16 Å². The lowest BCUT2D eigenvalue weighted by Crippen LogP contribution is -2.30. The fourth-order valence-corrected chi connectivity index (χ4v) is 3.21. The zero-order valence-electron chi connectivity index (χ0n) is 13.5. The number of nitrogens with zero attached hydrogens (tertiary/aromatic N) is 4. The number of amides is 1. The SMILES string of the molecule is CCN(CC)C(=O)CCCSc1nnc(CN)n1C(C)C. The monoisotopic (exact) mass is 313 g/mol. The topological polar surface area (TPSA) is 77.0 Å². The van der Waals surface area contributed by atoms with Crippen molar-refractivity contribution in [2.75, 3.05) is 18.8 Å². The summed E-state index contributed by atoms with van der Waals surface area (Å²) in [6.45, 7) is 10.2. The highest BCUT2D eigenvalue weighted by Gasteiger charge is 2.14. The summed E-state index contributed by atoms with van der Waals surface area (Å²) in [6.07, 6.45) is 1.44. The van der Waals surface area contributed by atoms with E-state index in [1.54, 1.807) is 11.8 Å². The second-order valence-corrected chi connectivity index (χ2v) is 6.15. The lowest BCUT2D eigenvalue weighted by Gasteiger charge is -2.18. The number of nitrogens with two attached hydrogens (primary N) is 1. The van der Waals surface area contributed by atoms with Crippen molar-refractivity contribution in [3.05, 3.63) is 5.82 Å². The van der Waals surface area contributed by atoms with Crippen molar-refractivity contribution in [1.29, 1.82) is 0 Å². The van der Waals surface area contributed by atoms with Gasteiger partial charge in [-0.15, -0.1) is 10.2 Å². The van der Waals surface area contributed by atoms with E-state index in [1.165, 1.54) is 0 Å². The lowest BCUT2D eigenvalue weighted by molar-refractivity contribution is -0.130. The summed E-state index contributed by atoms with van der Waals surface area (Å²) in [5.74, 6) is 1.91. The number of thioether (sulfide) groups is 1. The van der Waals surface area contributed by atoms with Crippen LogP contribution in [0.15, 0.2) is 5.16 Å². The van der Waals surface area contributed by atoms with Gasteiger partial charge in [0.2, 0.25) is 5.91 Å². The molecule has 120 valence electrons. The predicted molar refractivity (Wildman–Crippen MR) is 86.2 cm³/mol. The summed E-state index contributed by atoms with van der Waals surface area (Å²) in [5, 5.41) is 9.20. The first kappa shape index (κ1) is 18.0. The Labute approximate surface area is 131 Å². The Morgan fingerprint density at radius 2 is 2.00 bits per heavy atom. The van der Waals surface area contributed by atoms with E-state index in [2.05, 4.69) is 28.6 Å². The zero-order valence-corrected chi connectivity index (χ0v) is 14.3. The van der Waals surface area contributed by atoms with E-state index in [0.29, 0.717) is 19.0 Å². The molecule has 0 saturated carbocycles. The van der Waals surface area contributed by atoms with E-state index in [0.717, 1.165) is 36.2 Å². The van der Waals surface area contributed by atoms with Crippen LogP contribution in [0.25, 0.3) is 0 Å². The molecule has 0 spiro atoms. The third-order valence-electron chi connectivity index (χ3n) is 3.32. The number of aromatic nitrogens is 3. The van der Waals surface area contributed by atoms with E-state index in [4.69, 9.17) is 5.73 Å². The molecule has 2 N–H and O–H groups in total. The second kappa shape index (κ2) is 9.04. The van der Waals surface area contributed by atoms with Crippen LogP contribution in [-0.4, -0.2) is 44.4 Å². The lowest BCUT2D eigenvalue weighted by atomic mass is 10.3. The number of hydrogen-bond acceptors (Lipinski definition) is 5. The molecule has 0 unspecified atom stereocenters. The Bertz CT molecular complexity index is 443. The molecule has 0 bridgehead atoms. The van der Waals surface area contributed by atoms with Crippen LogP contribution in [0.2, 0.25) is 0 Å². The first-order valence-corrected chi connectivity index (χ1v) is 8.58. The van der Waals surface area contributed by atoms with E-state index in [9.17, 15) is 4.79 Å². The van der Waals surface area contributed by atoms with Gasteiger partial charge in [0.05, 0.1) is 6.54 Å². The summed E-state index contributed by atoms with van der Waals surface area (Å²) < 4.78 is 2.07. The van der Waals surface area contributed by atoms with E-state index < -0.39 is 0 Å². The van der Waals surface area contributed by atoms with Crippen LogP contribution in [0.5, 0.6) is 0 Å². The standard InChI is InChI=1S/C14H27N5OS/c1-5-18(6-2)13(20)8-7-9-21-14-17-16-12(10-15)19(14)11(3)4/h11H,5-10,15H2,1-4H3. The molecule has 0 fully saturated rings. The Hall–Kier alpha value is -1.08. The van der Waals surface area contributed by atoms with Gasteiger partial charge < -0.3 is 15.2 Å². The quantitative estimate of drug-likeness (QED) is 0.558. The van der Waals surface area contributed by atoms with Crippen molar-refractivity contribution in [1.82, 2.24) is 19.7 Å². The molecule has 0 saturated heterocycles. The normalized spacial score (nSPS) is 11.1. The van der Waals surface area contributed by atoms with Gasteiger partial charge in [-0.2, -0.15) is 0 Å². The van der Waals surface area contributed by atoms with Crippen LogP contribution in [0, 0.1) is 0 Å². The number of carbonyl (C=O) groups excluding carboxylic acids is 1. The van der Waals surface area contributed by atoms with Crippen LogP contribution in [0.4, 0.5) is 0 Å². The minimum atomic E-state index is 0.230. The summed E-state index contributed by atoms with van der Waals surface area (Å²) in [7, 11) is 0. The summed E-state index contributed by atoms with van der Waals surface area (Å²) in [6, 6.07) is 0.290. The fourth-order valence-electron chi connectivity index (χ4n) is 2.19. The molecule has 1 amide bonds. The summed E-state index contributed by atoms with van der Waals surface area (Å²) in [4.78, 5) is 13.8. The smallest absolute Gasteiger partial charge is 0.222 e. The van der Waals surface area contributed by atoms with Gasteiger partial charge in [0, 0.05) is 31.3 Å². The number of carbonyl (C=O) groups is 1. The Morgan fingerprint density at radius 3 is 2.52 bits per heavy atom. The molecular formula is C14H27N5OS. The average Bonchev–Trinajstić information content (AvgIpc) is 2.88. The Kier molecular flexibility index (Phi) is 7.74. The Morgan fingerprint density at radius 1 is 1.33 bits per heavy atom. The molecule has 0 aliphatic heterocycles. The molecule has 0 atom stereocenters. The molecule has 0 aliphatic rings. The third kappa shape index (κ3) is 5.00. The van der Waals surface area contributed by atoms with Gasteiger partial charge in [-0.1, -0.05) is 11.8 Å². The van der Waals surface area contributed by atoms with Crippen molar-refractivity contribution in [3.63, 3.8) is 0 Å². The van der Waals surface area contributed by atoms with E-state index >= 15 is 0 Å². The molecule has 7 heteroatoms. The molecule has 1 rings (SSSR count). The molecule has 0 aliphatic carbocycles. The molecule has 21 heavy (non-hydrogen) atoms. The Balaban J connectivity index is 2.46. The zero-order chi connectivity index (χ0) is 15.8. The maximum atomic E-state index is 11.9. The molecule has 6 nitrogen and oxygen atoms in total. The van der Waals surface area contributed by atoms with E-state index in [1.807, 2.05) is 18.7 Å². The van der Waals surface area contributed by atoms with Gasteiger partial charge in [-0.3, -0.25) is 4.79 Å². The number of hydrogen-bond donors (Lipinski definition) is 1. The predicted octanol–water partition coefficient (Wildman–Crippen LogP) is 2.06. The molecule has 0 aromatic carbocycles. The fraction of sp³-hybridized carbons (Fsp3) is 0.786. The highest BCUT2D eigenvalue weighted by atomic mass is 32.2. The second-order valence-electron chi connectivity index (χ2n) is 5.08. The summed E-state index contributed by atoms with van der Waals surface area (Å²) in [5.41, 5.74) is 5.68. The maximum absolute atomic E-state index is 11.9. The van der Waals surface area contributed by atoms with Crippen LogP contribution in [-0.2, 0) is 11.3 Å². The van der Waals surface area contributed by atoms with Crippen LogP contribution in [0.3, 0.4) is 0 Å². The molecule has 0 radical (unpaired) electrons. The van der Waals surface area contributed by atoms with Crippen molar-refractivity contribution in [2.24, 2.45) is 5.73 Å². The highest BCUT2D eigenvalue weighted by molar-refractivity contribution is 7.99. The van der Waals surface area contributed by atoms with Crippen molar-refractivity contribution in [3.8, 4) is 0 Å². The van der Waals surface area contributed by atoms with E-state index in [-0.39, 0.29) is 5.91 Å². The molecule has 1 heterocycles. The first-order chi connectivity index (χ1) is 10.0. The van der Waals surface area contributed by atoms with Gasteiger partial charge >= 0.3 is 0 Å². The minimum Gasteiger partial charge on any atom is -0.343 e. The van der Waals surface area contributed by atoms with Crippen LogP contribution < -0.4 is 5.73 Å². The van der Waals surface area contributed by atoms with Crippen molar-refractivity contribution >= 4 is 17.7 Å². The number of rotatable bonds is 9. The minimum absolute atomic E-state index is 0.230. The van der Waals surface area contributed by atoms with Crippen molar-refractivity contribution in [2.45, 2.75) is 58.3 Å². The molecule has 1 aromatic rings. The molecular weight excluding hydrogens is 286 g/mol. The molecule has 1 aromatic heterocycles. The average molecular weight is 313 g/mol. The van der Waals surface area contributed by atoms with Gasteiger partial charge in [-0.25, -0.2) is 0 Å². The maximum Gasteiger partial charge on any atom is 0.222 e. The van der Waals surface area contributed by atoms with Crippen molar-refractivity contribution < 1.29 is 4.79 Å². The first-order valence-electron chi connectivity index (χ1n) is 7.59. The third-order valence-corrected chi connectivity index (χ3v) is 4.35. The van der Waals surface area contributed by atoms with Gasteiger partial charge in [-0.05, 0) is 34.1 Å². The largest absolute Gasteiger partial charge is 0.343 e. The van der Waals surface area contributed by atoms with Gasteiger partial charge in [0.25, 0.3) is 0 Å². The highest BCUT2D eigenvalue weighted by Crippen LogP contribution is 2.22. The van der Waals surface area contributed by atoms with Gasteiger partial charge in [0.1, 0.15) is 5.82 Å². The van der Waals surface area contributed by atoms with Crippen LogP contribution >= 0.6 is 11.8 Å².